The summed E-state index contributed by atoms with van der Waals surface area (Å²) in [5, 5.41) is 16.5. The van der Waals surface area contributed by atoms with Crippen LogP contribution in [0.5, 0.6) is 5.75 Å². The average Bonchev–Trinajstić information content (AvgIpc) is 3.27. The number of aliphatic hydroxyl groups excluding tert-OH is 1. The van der Waals surface area contributed by atoms with E-state index < -0.39 is 17.4 Å². The van der Waals surface area contributed by atoms with E-state index in [-0.39, 0.29) is 29.5 Å². The van der Waals surface area contributed by atoms with Gasteiger partial charge in [-0.3, -0.25) is 0 Å². The minimum Gasteiger partial charge on any atom is -0.494 e. The first kappa shape index (κ1) is 25.2. The van der Waals surface area contributed by atoms with E-state index in [1.54, 1.807) is 0 Å². The Morgan fingerprint density at radius 2 is 1.78 bits per heavy atom. The summed E-state index contributed by atoms with van der Waals surface area (Å²) >= 11 is 1.35. The number of rotatable bonds is 8. The van der Waals surface area contributed by atoms with Gasteiger partial charge in [-0.2, -0.15) is 13.8 Å². The molecule has 0 unspecified atom stereocenters. The highest BCUT2D eigenvalue weighted by atomic mass is 32.1. The largest absolute Gasteiger partial charge is 0.494 e. The summed E-state index contributed by atoms with van der Waals surface area (Å²) in [6, 6.07) is 10.7. The van der Waals surface area contributed by atoms with Crippen molar-refractivity contribution < 1.29 is 23.0 Å². The van der Waals surface area contributed by atoms with Gasteiger partial charge in [-0.25, -0.2) is 14.4 Å². The van der Waals surface area contributed by atoms with Crippen molar-refractivity contribution in [2.75, 3.05) is 17.2 Å². The molecule has 7 nitrogen and oxygen atoms in total. The molecular weight excluding hydrogens is 503 g/mol. The number of thiazole rings is 1. The summed E-state index contributed by atoms with van der Waals surface area (Å²) < 4.78 is 50.8. The minimum absolute atomic E-state index is 0.0444. The van der Waals surface area contributed by atoms with Crippen LogP contribution in [0.15, 0.2) is 48.5 Å². The van der Waals surface area contributed by atoms with Gasteiger partial charge in [0.25, 0.3) is 0 Å². The van der Waals surface area contributed by atoms with Crippen LogP contribution >= 0.6 is 11.3 Å². The van der Waals surface area contributed by atoms with Crippen LogP contribution in [-0.4, -0.2) is 38.8 Å². The SMILES string of the molecule is CCOc1ccc2nc(Nc3cc(C(F)(F)c4ccc(F)cc4)nc(NC4CCC(O)CC4)n3)sc2c1. The molecule has 2 aromatic heterocycles. The minimum atomic E-state index is -3.49. The molecule has 0 atom stereocenters. The second kappa shape index (κ2) is 10.5. The van der Waals surface area contributed by atoms with Crippen molar-refractivity contribution in [2.24, 2.45) is 0 Å². The highest BCUT2D eigenvalue weighted by molar-refractivity contribution is 7.22. The molecule has 37 heavy (non-hydrogen) atoms. The molecule has 2 heterocycles. The first-order valence-corrected chi connectivity index (χ1v) is 12.9. The first-order chi connectivity index (χ1) is 17.8. The van der Waals surface area contributed by atoms with E-state index in [2.05, 4.69) is 25.6 Å². The van der Waals surface area contributed by atoms with Crippen LogP contribution in [0.4, 0.5) is 30.1 Å². The van der Waals surface area contributed by atoms with Gasteiger partial charge in [-0.1, -0.05) is 11.3 Å². The Bertz CT molecular complexity index is 1370. The molecule has 1 aliphatic carbocycles. The van der Waals surface area contributed by atoms with Gasteiger partial charge in [-0.05, 0) is 75.1 Å². The van der Waals surface area contributed by atoms with Crippen LogP contribution in [0.1, 0.15) is 43.9 Å². The lowest BCUT2D eigenvalue weighted by atomic mass is 9.93. The summed E-state index contributed by atoms with van der Waals surface area (Å²) in [6.07, 6.45) is 2.22. The van der Waals surface area contributed by atoms with Crippen LogP contribution < -0.4 is 15.4 Å². The summed E-state index contributed by atoms with van der Waals surface area (Å²) in [5.74, 6) is -3.18. The molecule has 0 saturated heterocycles. The van der Waals surface area contributed by atoms with Crippen LogP contribution in [-0.2, 0) is 5.92 Å². The molecule has 194 valence electrons. The lowest BCUT2D eigenvalue weighted by Crippen LogP contribution is -2.29. The Morgan fingerprint density at radius 1 is 1.03 bits per heavy atom. The highest BCUT2D eigenvalue weighted by Crippen LogP contribution is 2.37. The third-order valence-electron chi connectivity index (χ3n) is 6.19. The molecular formula is C26H26F3N5O2S. The third kappa shape index (κ3) is 5.78. The van der Waals surface area contributed by atoms with Crippen LogP contribution in [0.2, 0.25) is 0 Å². The zero-order valence-corrected chi connectivity index (χ0v) is 20.9. The fourth-order valence-electron chi connectivity index (χ4n) is 4.27. The fraction of sp³-hybridized carbons (Fsp3) is 0.346. The number of ether oxygens (including phenoxy) is 1. The van der Waals surface area contributed by atoms with Gasteiger partial charge in [-0.15, -0.1) is 0 Å². The molecule has 1 fully saturated rings. The van der Waals surface area contributed by atoms with E-state index in [1.807, 2.05) is 25.1 Å². The number of nitrogens with one attached hydrogen (secondary N) is 2. The Morgan fingerprint density at radius 3 is 2.51 bits per heavy atom. The molecule has 0 radical (unpaired) electrons. The summed E-state index contributed by atoms with van der Waals surface area (Å²) in [6.45, 7) is 2.44. The fourth-order valence-corrected chi connectivity index (χ4v) is 5.17. The molecule has 1 saturated carbocycles. The maximum atomic E-state index is 15.5. The summed E-state index contributed by atoms with van der Waals surface area (Å²) in [5.41, 5.74) is -0.176. The van der Waals surface area contributed by atoms with Gasteiger partial charge in [0.2, 0.25) is 5.95 Å². The highest BCUT2D eigenvalue weighted by Gasteiger charge is 2.37. The van der Waals surface area contributed by atoms with Crippen LogP contribution in [0.25, 0.3) is 10.2 Å². The van der Waals surface area contributed by atoms with Gasteiger partial charge in [0, 0.05) is 17.7 Å². The van der Waals surface area contributed by atoms with E-state index in [4.69, 9.17) is 4.74 Å². The van der Waals surface area contributed by atoms with E-state index in [0.29, 0.717) is 37.4 Å². The molecule has 0 amide bonds. The second-order valence-electron chi connectivity index (χ2n) is 8.90. The van der Waals surface area contributed by atoms with Gasteiger partial charge >= 0.3 is 5.92 Å². The molecule has 1 aliphatic rings. The maximum Gasteiger partial charge on any atom is 0.315 e. The van der Waals surface area contributed by atoms with E-state index in [9.17, 15) is 9.50 Å². The van der Waals surface area contributed by atoms with Crippen molar-refractivity contribution in [3.05, 3.63) is 65.6 Å². The summed E-state index contributed by atoms with van der Waals surface area (Å²) in [4.78, 5) is 13.1. The third-order valence-corrected chi connectivity index (χ3v) is 7.12. The van der Waals surface area contributed by atoms with Gasteiger partial charge in [0.15, 0.2) is 5.13 Å². The zero-order chi connectivity index (χ0) is 26.0. The Hall–Kier alpha value is -3.44. The standard InChI is InChI=1S/C26H26F3N5O2S/c1-2-36-19-11-12-20-21(13-19)37-25(31-20)34-23-14-22(26(28,29)15-3-5-16(27)6-4-15)32-24(33-23)30-17-7-9-18(35)10-8-17/h3-6,11-14,17-18,35H,2,7-10H2,1H3,(H2,30,31,32,33,34). The van der Waals surface area contributed by atoms with E-state index in [0.717, 1.165) is 40.2 Å². The number of alkyl halides is 2. The normalized spacial score (nSPS) is 18.1. The van der Waals surface area contributed by atoms with Crippen LogP contribution in [0.3, 0.4) is 0 Å². The first-order valence-electron chi connectivity index (χ1n) is 12.1. The number of aliphatic hydroxyl groups is 1. The quantitative estimate of drug-likeness (QED) is 0.249. The molecule has 4 aromatic rings. The predicted octanol–water partition coefficient (Wildman–Crippen LogP) is 6.22. The Labute approximate surface area is 215 Å². The predicted molar refractivity (Wildman–Crippen MR) is 137 cm³/mol. The monoisotopic (exact) mass is 529 g/mol. The number of nitrogens with zero attached hydrogens (tertiary/aromatic N) is 3. The molecule has 3 N–H and O–H groups in total. The number of halogens is 3. The molecule has 0 aliphatic heterocycles. The van der Waals surface area contributed by atoms with Crippen molar-refractivity contribution in [1.29, 1.82) is 0 Å². The van der Waals surface area contributed by atoms with E-state index in [1.165, 1.54) is 17.4 Å². The molecule has 0 bridgehead atoms. The maximum absolute atomic E-state index is 15.5. The Kier molecular flexibility index (Phi) is 7.16. The van der Waals surface area contributed by atoms with Gasteiger partial charge < -0.3 is 20.5 Å². The lowest BCUT2D eigenvalue weighted by molar-refractivity contribution is 0.0380. The number of fused-ring (bicyclic) bond motifs is 1. The number of benzene rings is 2. The number of aromatic nitrogens is 3. The van der Waals surface area contributed by atoms with Crippen LogP contribution in [0, 0.1) is 5.82 Å². The number of hydrogen-bond acceptors (Lipinski definition) is 8. The van der Waals surface area contributed by atoms with Crippen molar-refractivity contribution >= 4 is 38.5 Å². The van der Waals surface area contributed by atoms with E-state index >= 15 is 8.78 Å². The number of hydrogen-bond donors (Lipinski definition) is 3. The lowest BCUT2D eigenvalue weighted by Gasteiger charge is -2.26. The molecule has 5 rings (SSSR count). The topological polar surface area (TPSA) is 92.2 Å². The zero-order valence-electron chi connectivity index (χ0n) is 20.0. The molecule has 0 spiro atoms. The second-order valence-corrected chi connectivity index (χ2v) is 9.93. The van der Waals surface area contributed by atoms with Gasteiger partial charge in [0.1, 0.15) is 23.1 Å². The Balaban J connectivity index is 1.48. The van der Waals surface area contributed by atoms with Gasteiger partial charge in [0.05, 0.1) is 22.9 Å². The van der Waals surface area contributed by atoms with Crippen molar-refractivity contribution in [3.8, 4) is 5.75 Å². The number of anilines is 3. The molecule has 11 heteroatoms. The van der Waals surface area contributed by atoms with Crippen molar-refractivity contribution in [2.45, 2.75) is 50.7 Å². The average molecular weight is 530 g/mol. The molecule has 2 aromatic carbocycles. The van der Waals surface area contributed by atoms with Crippen molar-refractivity contribution in [1.82, 2.24) is 15.0 Å². The summed E-state index contributed by atoms with van der Waals surface area (Å²) in [7, 11) is 0. The smallest absolute Gasteiger partial charge is 0.315 e. The van der Waals surface area contributed by atoms with Crippen molar-refractivity contribution in [3.63, 3.8) is 0 Å².